The second-order valence-corrected chi connectivity index (χ2v) is 12.6. The molecule has 0 aromatic heterocycles. The van der Waals surface area contributed by atoms with Gasteiger partial charge in [-0.3, -0.25) is 0 Å². The fraction of sp³-hybridized carbons (Fsp3) is 0.786. The van der Waals surface area contributed by atoms with E-state index >= 15 is 0 Å². The van der Waals surface area contributed by atoms with Crippen molar-refractivity contribution in [1.29, 1.82) is 0 Å². The Hall–Kier alpha value is -1.30. The zero-order valence-electron chi connectivity index (χ0n) is 21.0. The van der Waals surface area contributed by atoms with Crippen LogP contribution in [-0.4, -0.2) is 54.3 Å². The lowest BCUT2D eigenvalue weighted by Crippen LogP contribution is -3.16. The van der Waals surface area contributed by atoms with Crippen molar-refractivity contribution in [3.63, 3.8) is 0 Å². The summed E-state index contributed by atoms with van der Waals surface area (Å²) in [5.41, 5.74) is 1.09. The first kappa shape index (κ1) is 22.2. The first-order chi connectivity index (χ1) is 15.6. The monoisotopic (exact) mass is 456 g/mol. The highest BCUT2D eigenvalue weighted by molar-refractivity contribution is 5.62. The molecule has 1 aromatic carbocycles. The van der Waals surface area contributed by atoms with Crippen molar-refractivity contribution < 1.29 is 24.6 Å². The van der Waals surface area contributed by atoms with E-state index in [1.54, 1.807) is 4.90 Å². The number of rotatable bonds is 7. The van der Waals surface area contributed by atoms with E-state index in [1.807, 2.05) is 27.0 Å². The van der Waals surface area contributed by atoms with Crippen LogP contribution in [0, 0.1) is 17.3 Å². The molecule has 1 aliphatic heterocycles. The van der Waals surface area contributed by atoms with Gasteiger partial charge in [-0.2, -0.15) is 0 Å². The van der Waals surface area contributed by atoms with Gasteiger partial charge in [0.1, 0.15) is 11.7 Å². The van der Waals surface area contributed by atoms with Crippen LogP contribution in [0.1, 0.15) is 76.8 Å². The fourth-order valence-electron chi connectivity index (χ4n) is 9.42. The molecule has 4 saturated carbocycles. The van der Waals surface area contributed by atoms with Crippen molar-refractivity contribution in [3.05, 3.63) is 23.3 Å². The summed E-state index contributed by atoms with van der Waals surface area (Å²) in [6.07, 6.45) is 8.68. The molecule has 3 N–H and O–H groups in total. The molecule has 1 aromatic rings. The maximum atomic E-state index is 11.5. The molecule has 0 radical (unpaired) electrons. The molecule has 7 rings (SSSR count). The number of hydrogen-bond acceptors (Lipinski definition) is 4. The van der Waals surface area contributed by atoms with Crippen molar-refractivity contribution in [2.24, 2.45) is 17.3 Å². The lowest BCUT2D eigenvalue weighted by atomic mass is 9.34. The van der Waals surface area contributed by atoms with Crippen LogP contribution in [-0.2, 0) is 16.6 Å². The zero-order chi connectivity index (χ0) is 23.4. The van der Waals surface area contributed by atoms with Crippen LogP contribution < -0.4 is 9.64 Å². The van der Waals surface area contributed by atoms with E-state index in [-0.39, 0.29) is 28.6 Å². The molecule has 7 atom stereocenters. The van der Waals surface area contributed by atoms with E-state index in [0.29, 0.717) is 11.8 Å². The Bertz CT molecular complexity index is 967. The van der Waals surface area contributed by atoms with E-state index in [1.165, 1.54) is 30.5 Å². The summed E-state index contributed by atoms with van der Waals surface area (Å²) in [7, 11) is 4.23. The molecule has 0 amide bonds. The summed E-state index contributed by atoms with van der Waals surface area (Å²) in [5, 5.41) is 22.4. The topological polar surface area (TPSA) is 63.4 Å². The van der Waals surface area contributed by atoms with Gasteiger partial charge in [0.2, 0.25) is 0 Å². The largest absolute Gasteiger partial charge is 0.504 e. The number of fused-ring (bicyclic) bond motifs is 2. The number of aromatic hydroxyl groups is 1. The van der Waals surface area contributed by atoms with Gasteiger partial charge in [-0.1, -0.05) is 19.4 Å². The van der Waals surface area contributed by atoms with Gasteiger partial charge in [-0.05, 0) is 64.0 Å². The molecule has 182 valence electrons. The van der Waals surface area contributed by atoms with E-state index in [2.05, 4.69) is 20.0 Å². The number of hydrogen-bond donors (Lipinski definition) is 3. The van der Waals surface area contributed by atoms with Crippen LogP contribution in [0.5, 0.6) is 11.5 Å². The second kappa shape index (κ2) is 6.89. The number of nitrogens with one attached hydrogen (secondary N) is 1. The molecule has 2 bridgehead atoms. The van der Waals surface area contributed by atoms with Crippen molar-refractivity contribution in [3.8, 4) is 11.5 Å². The number of phenols is 1. The molecule has 6 aliphatic rings. The number of aliphatic hydroxyl groups is 1. The van der Waals surface area contributed by atoms with Gasteiger partial charge in [0.15, 0.2) is 11.5 Å². The molecular formula is C28H42NO4+. The highest BCUT2D eigenvalue weighted by Crippen LogP contribution is 2.75. The molecular weight excluding hydrogens is 414 g/mol. The van der Waals surface area contributed by atoms with Gasteiger partial charge in [0.25, 0.3) is 0 Å². The zero-order valence-corrected chi connectivity index (χ0v) is 21.0. The maximum Gasteiger partial charge on any atom is 0.165 e. The van der Waals surface area contributed by atoms with Crippen molar-refractivity contribution in [2.45, 2.75) is 101 Å². The lowest BCUT2D eigenvalue weighted by Gasteiger charge is -2.71. The van der Waals surface area contributed by atoms with Crippen LogP contribution in [0.3, 0.4) is 0 Å². The van der Waals surface area contributed by atoms with Gasteiger partial charge >= 0.3 is 0 Å². The Labute approximate surface area is 198 Å². The fourth-order valence-corrected chi connectivity index (χ4v) is 9.42. The van der Waals surface area contributed by atoms with E-state index in [9.17, 15) is 10.2 Å². The summed E-state index contributed by atoms with van der Waals surface area (Å²) in [4.78, 5) is 1.65. The molecule has 4 fully saturated rings. The molecule has 3 unspecified atom stereocenters. The van der Waals surface area contributed by atoms with Crippen molar-refractivity contribution in [2.75, 3.05) is 20.7 Å². The van der Waals surface area contributed by atoms with Crippen LogP contribution in [0.15, 0.2) is 12.1 Å². The minimum atomic E-state index is -0.864. The first-order valence-electron chi connectivity index (χ1n) is 13.3. The Balaban J connectivity index is 1.62. The van der Waals surface area contributed by atoms with Crippen LogP contribution in [0.2, 0.25) is 0 Å². The predicted octanol–water partition coefficient (Wildman–Crippen LogP) is 3.00. The number of benzene rings is 1. The third-order valence-electron chi connectivity index (χ3n) is 10.7. The summed E-state index contributed by atoms with van der Waals surface area (Å²) < 4.78 is 13.3. The highest BCUT2D eigenvalue weighted by atomic mass is 16.6. The minimum Gasteiger partial charge on any atom is -0.504 e. The van der Waals surface area contributed by atoms with Crippen LogP contribution in [0.4, 0.5) is 0 Å². The van der Waals surface area contributed by atoms with E-state index < -0.39 is 11.2 Å². The smallest absolute Gasteiger partial charge is 0.165 e. The van der Waals surface area contributed by atoms with Crippen LogP contribution in [0.25, 0.3) is 0 Å². The van der Waals surface area contributed by atoms with Gasteiger partial charge in [-0.25, -0.2) is 0 Å². The average Bonchev–Trinajstić information content (AvgIpc) is 3.51. The summed E-state index contributed by atoms with van der Waals surface area (Å²) >= 11 is 0. The summed E-state index contributed by atoms with van der Waals surface area (Å²) in [6.45, 7) is 7.44. The van der Waals surface area contributed by atoms with Crippen molar-refractivity contribution >= 4 is 0 Å². The highest BCUT2D eigenvalue weighted by Gasteiger charge is 2.81. The quantitative estimate of drug-likeness (QED) is 0.590. The Morgan fingerprint density at radius 2 is 2.00 bits per heavy atom. The van der Waals surface area contributed by atoms with Gasteiger partial charge in [0, 0.05) is 36.3 Å². The second-order valence-electron chi connectivity index (χ2n) is 12.6. The average molecular weight is 457 g/mol. The normalized spacial score (nSPS) is 41.6. The third-order valence-corrected chi connectivity index (χ3v) is 10.7. The third kappa shape index (κ3) is 2.60. The SMILES string of the molecule is CCC[C@]12c3c4ccc(O)c3OC1[C@@]1(OC)CC[C@@]2(C[C@@H]1C(C)(C)O)C([NH+](C)CC1CC1)C4. The van der Waals surface area contributed by atoms with Gasteiger partial charge in [-0.15, -0.1) is 0 Å². The lowest BCUT2D eigenvalue weighted by molar-refractivity contribution is -0.918. The van der Waals surface area contributed by atoms with Gasteiger partial charge in [0.05, 0.1) is 30.7 Å². The summed E-state index contributed by atoms with van der Waals surface area (Å²) in [6, 6.07) is 4.49. The molecule has 33 heavy (non-hydrogen) atoms. The molecule has 5 heteroatoms. The molecule has 0 saturated heterocycles. The number of quaternary nitrogens is 1. The Kier molecular flexibility index (Phi) is 4.63. The Morgan fingerprint density at radius 1 is 1.24 bits per heavy atom. The minimum absolute atomic E-state index is 0.00652. The first-order valence-corrected chi connectivity index (χ1v) is 13.3. The number of phenolic OH excluding ortho intramolecular Hbond substituents is 1. The van der Waals surface area contributed by atoms with E-state index in [4.69, 9.17) is 9.47 Å². The number of methoxy groups -OCH3 is 1. The van der Waals surface area contributed by atoms with Gasteiger partial charge < -0.3 is 24.6 Å². The Morgan fingerprint density at radius 3 is 2.64 bits per heavy atom. The van der Waals surface area contributed by atoms with Crippen LogP contribution >= 0.6 is 0 Å². The molecule has 1 spiro atoms. The predicted molar refractivity (Wildman–Crippen MR) is 127 cm³/mol. The summed E-state index contributed by atoms with van der Waals surface area (Å²) in [5.74, 6) is 1.82. The maximum absolute atomic E-state index is 11.5. The number of ether oxygens (including phenoxy) is 2. The molecule has 5 aliphatic carbocycles. The standard InChI is InChI=1S/C28H41NO4/c1-6-11-27-22-18-9-10-19(30)23(22)33-24(27)28(32-5)13-12-26(27,15-20(28)25(2,3)31)21(14-18)29(4)16-17-7-8-17/h9-10,17,20-21,24,30-31H,6-8,11-16H2,1-5H3/p+1/t20-,21?,24?,26-,27+,28-/m1/s1. The van der Waals surface area contributed by atoms with E-state index in [0.717, 1.165) is 44.4 Å². The van der Waals surface area contributed by atoms with Crippen molar-refractivity contribution in [1.82, 2.24) is 0 Å². The molecule has 5 nitrogen and oxygen atoms in total. The molecule has 1 heterocycles. The number of likely N-dealkylation sites (N-methyl/N-ethyl adjacent to an activating group) is 1.